The molecule has 2 aromatic carbocycles. The number of nitrogens with one attached hydrogen (secondary N) is 1. The number of hydrogen-bond donors (Lipinski definition) is 1. The van der Waals surface area contributed by atoms with Crippen LogP contribution < -0.4 is 14.8 Å². The van der Waals surface area contributed by atoms with Gasteiger partial charge in [-0.15, -0.1) is 0 Å². The van der Waals surface area contributed by atoms with Crippen LogP contribution in [-0.4, -0.2) is 38.7 Å². The Morgan fingerprint density at radius 3 is 2.54 bits per heavy atom. The molecule has 142 valence electrons. The molecule has 0 spiro atoms. The molecule has 2 aromatic rings. The number of hydrogen-bond acceptors (Lipinski definition) is 4. The minimum Gasteiger partial charge on any atom is -0.490 e. The van der Waals surface area contributed by atoms with Crippen molar-refractivity contribution < 1.29 is 9.47 Å². The molecular formula is C21H29BrN2O2. The largest absolute Gasteiger partial charge is 0.490 e. The van der Waals surface area contributed by atoms with Gasteiger partial charge in [-0.2, -0.15) is 0 Å². The normalized spacial score (nSPS) is 11.0. The molecule has 0 fully saturated rings. The number of aryl methyl sites for hydroxylation is 1. The zero-order chi connectivity index (χ0) is 18.9. The summed E-state index contributed by atoms with van der Waals surface area (Å²) in [6.45, 7) is 7.94. The molecule has 2 rings (SSSR count). The summed E-state index contributed by atoms with van der Waals surface area (Å²) in [4.78, 5) is 2.16. The summed E-state index contributed by atoms with van der Waals surface area (Å²) in [5.41, 5.74) is 3.55. The van der Waals surface area contributed by atoms with E-state index in [-0.39, 0.29) is 0 Å². The second-order valence-electron chi connectivity index (χ2n) is 6.58. The van der Waals surface area contributed by atoms with Crippen LogP contribution in [-0.2, 0) is 13.2 Å². The van der Waals surface area contributed by atoms with Crippen LogP contribution in [0, 0.1) is 6.92 Å². The number of nitrogens with zero attached hydrogens (tertiary/aromatic N) is 1. The zero-order valence-corrected chi connectivity index (χ0v) is 17.7. The predicted octanol–water partition coefficient (Wildman–Crippen LogP) is 4.39. The lowest BCUT2D eigenvalue weighted by Gasteiger charge is -2.16. The number of rotatable bonds is 10. The summed E-state index contributed by atoms with van der Waals surface area (Å²) in [5, 5.41) is 3.46. The highest BCUT2D eigenvalue weighted by Gasteiger charge is 2.11. The minimum atomic E-state index is 0.522. The fourth-order valence-corrected chi connectivity index (χ4v) is 3.05. The summed E-state index contributed by atoms with van der Waals surface area (Å²) in [7, 11) is 4.15. The van der Waals surface area contributed by atoms with Gasteiger partial charge >= 0.3 is 0 Å². The van der Waals surface area contributed by atoms with Crippen molar-refractivity contribution >= 4 is 15.9 Å². The molecule has 1 N–H and O–H groups in total. The molecule has 0 saturated carbocycles. The van der Waals surface area contributed by atoms with Crippen molar-refractivity contribution in [3.8, 4) is 11.5 Å². The number of halogens is 1. The average molecular weight is 421 g/mol. The summed E-state index contributed by atoms with van der Waals surface area (Å²) < 4.78 is 12.9. The molecule has 0 aliphatic rings. The molecule has 5 heteroatoms. The Labute approximate surface area is 165 Å². The Bertz CT molecular complexity index is 704. The van der Waals surface area contributed by atoms with Gasteiger partial charge in [0.2, 0.25) is 0 Å². The van der Waals surface area contributed by atoms with Crippen molar-refractivity contribution in [1.29, 1.82) is 0 Å². The van der Waals surface area contributed by atoms with Crippen LogP contribution in [0.3, 0.4) is 0 Å². The molecule has 4 nitrogen and oxygen atoms in total. The van der Waals surface area contributed by atoms with Crippen LogP contribution in [0.15, 0.2) is 40.9 Å². The Hall–Kier alpha value is -1.56. The van der Waals surface area contributed by atoms with Gasteiger partial charge in [-0.1, -0.05) is 45.8 Å². The maximum Gasteiger partial charge on any atom is 0.162 e. The zero-order valence-electron chi connectivity index (χ0n) is 16.1. The van der Waals surface area contributed by atoms with Crippen molar-refractivity contribution in [2.45, 2.75) is 27.0 Å². The van der Waals surface area contributed by atoms with Gasteiger partial charge in [-0.05, 0) is 51.2 Å². The third kappa shape index (κ3) is 6.63. The average Bonchev–Trinajstić information content (AvgIpc) is 2.59. The molecule has 26 heavy (non-hydrogen) atoms. The van der Waals surface area contributed by atoms with E-state index < -0.39 is 0 Å². The van der Waals surface area contributed by atoms with Crippen LogP contribution >= 0.6 is 15.9 Å². The van der Waals surface area contributed by atoms with Gasteiger partial charge in [-0.25, -0.2) is 0 Å². The van der Waals surface area contributed by atoms with Crippen LogP contribution in [0.4, 0.5) is 0 Å². The number of ether oxygens (including phenoxy) is 2. The monoisotopic (exact) mass is 420 g/mol. The van der Waals surface area contributed by atoms with Crippen LogP contribution in [0.2, 0.25) is 0 Å². The fourth-order valence-electron chi connectivity index (χ4n) is 2.58. The third-order valence-electron chi connectivity index (χ3n) is 3.94. The Morgan fingerprint density at radius 1 is 1.08 bits per heavy atom. The van der Waals surface area contributed by atoms with Crippen molar-refractivity contribution in [3.63, 3.8) is 0 Å². The maximum absolute atomic E-state index is 6.04. The first-order valence-electron chi connectivity index (χ1n) is 8.98. The second-order valence-corrected chi connectivity index (χ2v) is 7.44. The van der Waals surface area contributed by atoms with E-state index in [9.17, 15) is 0 Å². The van der Waals surface area contributed by atoms with E-state index in [0.717, 1.165) is 46.7 Å². The molecule has 0 aliphatic carbocycles. The van der Waals surface area contributed by atoms with Crippen molar-refractivity contribution in [2.24, 2.45) is 0 Å². The lowest BCUT2D eigenvalue weighted by Crippen LogP contribution is -2.26. The summed E-state index contributed by atoms with van der Waals surface area (Å²) in [6, 6.07) is 12.4. The second kappa shape index (κ2) is 10.6. The lowest BCUT2D eigenvalue weighted by atomic mass is 10.1. The highest BCUT2D eigenvalue weighted by atomic mass is 79.9. The maximum atomic E-state index is 6.04. The lowest BCUT2D eigenvalue weighted by molar-refractivity contribution is 0.268. The third-order valence-corrected chi connectivity index (χ3v) is 4.68. The highest BCUT2D eigenvalue weighted by Crippen LogP contribution is 2.34. The van der Waals surface area contributed by atoms with Gasteiger partial charge in [-0.3, -0.25) is 0 Å². The Morgan fingerprint density at radius 2 is 1.85 bits per heavy atom. The summed E-state index contributed by atoms with van der Waals surface area (Å²) >= 11 is 3.67. The molecule has 0 aliphatic heterocycles. The molecule has 0 atom stereocenters. The van der Waals surface area contributed by atoms with E-state index in [4.69, 9.17) is 9.47 Å². The first kappa shape index (κ1) is 20.7. The molecular weight excluding hydrogens is 392 g/mol. The Balaban J connectivity index is 2.06. The summed E-state index contributed by atoms with van der Waals surface area (Å²) in [6.07, 6.45) is 0. The van der Waals surface area contributed by atoms with Crippen molar-refractivity contribution in [1.82, 2.24) is 10.2 Å². The summed E-state index contributed by atoms with van der Waals surface area (Å²) in [5.74, 6) is 1.55. The molecule has 0 saturated heterocycles. The number of likely N-dealkylation sites (N-methyl/N-ethyl adjacent to an activating group) is 1. The predicted molar refractivity (Wildman–Crippen MR) is 111 cm³/mol. The molecule has 0 amide bonds. The quantitative estimate of drug-likeness (QED) is 0.577. The minimum absolute atomic E-state index is 0.522. The first-order chi connectivity index (χ1) is 12.5. The van der Waals surface area contributed by atoms with Gasteiger partial charge in [0.15, 0.2) is 11.5 Å². The topological polar surface area (TPSA) is 33.7 Å². The molecule has 0 heterocycles. The van der Waals surface area contributed by atoms with Crippen molar-refractivity contribution in [2.75, 3.05) is 33.8 Å². The van der Waals surface area contributed by atoms with Gasteiger partial charge in [0.05, 0.1) is 6.61 Å². The van der Waals surface area contributed by atoms with E-state index >= 15 is 0 Å². The van der Waals surface area contributed by atoms with Gasteiger partial charge < -0.3 is 19.7 Å². The Kier molecular flexibility index (Phi) is 8.42. The van der Waals surface area contributed by atoms with Crippen LogP contribution in [0.25, 0.3) is 0 Å². The first-order valence-corrected chi connectivity index (χ1v) is 9.78. The molecule has 0 aromatic heterocycles. The van der Waals surface area contributed by atoms with E-state index in [1.807, 2.05) is 13.0 Å². The fraction of sp³-hybridized carbons (Fsp3) is 0.429. The van der Waals surface area contributed by atoms with Crippen LogP contribution in [0.1, 0.15) is 23.6 Å². The van der Waals surface area contributed by atoms with Crippen LogP contribution in [0.5, 0.6) is 11.5 Å². The van der Waals surface area contributed by atoms with E-state index in [1.54, 1.807) is 0 Å². The van der Waals surface area contributed by atoms with E-state index in [2.05, 4.69) is 77.5 Å². The standard InChI is InChI=1S/C21H29BrN2O2/c1-5-25-20-12-18(14-23-9-10-24(3)4)19(22)13-21(20)26-15-17-8-6-7-16(2)11-17/h6-8,11-13,23H,5,9-10,14-15H2,1-4H3. The van der Waals surface area contributed by atoms with Gasteiger partial charge in [0.1, 0.15) is 6.61 Å². The smallest absolute Gasteiger partial charge is 0.162 e. The molecule has 0 radical (unpaired) electrons. The van der Waals surface area contributed by atoms with Gasteiger partial charge in [0.25, 0.3) is 0 Å². The highest BCUT2D eigenvalue weighted by molar-refractivity contribution is 9.10. The van der Waals surface area contributed by atoms with Gasteiger partial charge in [0, 0.05) is 24.1 Å². The number of benzene rings is 2. The molecule has 0 unspecified atom stereocenters. The SMILES string of the molecule is CCOc1cc(CNCCN(C)C)c(Br)cc1OCc1cccc(C)c1. The molecule has 0 bridgehead atoms. The van der Waals surface area contributed by atoms with Crippen molar-refractivity contribution in [3.05, 3.63) is 57.6 Å². The van der Waals surface area contributed by atoms with E-state index in [1.165, 1.54) is 5.56 Å². The van der Waals surface area contributed by atoms with E-state index in [0.29, 0.717) is 13.2 Å².